The van der Waals surface area contributed by atoms with Gasteiger partial charge in [0.1, 0.15) is 0 Å². The fourth-order valence-corrected chi connectivity index (χ4v) is 6.95. The van der Waals surface area contributed by atoms with Gasteiger partial charge in [0.2, 0.25) is 0 Å². The molecule has 0 N–H and O–H groups in total. The Morgan fingerprint density at radius 3 is 1.00 bits per heavy atom. The van der Waals surface area contributed by atoms with E-state index in [2.05, 4.69) is 119 Å². The zero-order valence-electron chi connectivity index (χ0n) is 20.8. The first-order valence-corrected chi connectivity index (χ1v) is 12.4. The van der Waals surface area contributed by atoms with Gasteiger partial charge in [-0.15, -0.1) is 0 Å². The molecule has 0 radical (unpaired) electrons. The minimum atomic E-state index is 0.126. The van der Waals surface area contributed by atoms with E-state index in [4.69, 9.17) is 0 Å². The number of hydrogen-bond donors (Lipinski definition) is 0. The molecule has 0 aliphatic heterocycles. The van der Waals surface area contributed by atoms with Gasteiger partial charge in [-0.05, 0) is 0 Å². The van der Waals surface area contributed by atoms with Gasteiger partial charge in [0.15, 0.2) is 0 Å². The number of benzene rings is 2. The molecule has 2 aromatic carbocycles. The molecule has 164 valence electrons. The Labute approximate surface area is 189 Å². The van der Waals surface area contributed by atoms with Crippen LogP contribution in [-0.2, 0) is 39.6 Å². The molecule has 1 heteroatoms. The van der Waals surface area contributed by atoms with Crippen LogP contribution in [-0.4, -0.2) is 0 Å². The third-order valence-electron chi connectivity index (χ3n) is 5.26. The summed E-state index contributed by atoms with van der Waals surface area (Å²) in [7, 11) is 0. The second-order valence-corrected chi connectivity index (χ2v) is 14.4. The normalized spacial score (nSPS) is 13.8. The van der Waals surface area contributed by atoms with Crippen molar-refractivity contribution < 1.29 is 18.0 Å². The maximum atomic E-state index is 2.38. The SMILES string of the molecule is CC(C)(C)c1ccc[c]([Pd][c]2cccc(C(C)(C)C)c2C(C)(C)C)c1C(C)(C)C. The first-order chi connectivity index (χ1) is 12.9. The Morgan fingerprint density at radius 1 is 0.448 bits per heavy atom. The Hall–Kier alpha value is -0.898. The first kappa shape index (κ1) is 24.4. The Kier molecular flexibility index (Phi) is 6.71. The maximum absolute atomic E-state index is 2.38. The van der Waals surface area contributed by atoms with Crippen molar-refractivity contribution in [1.29, 1.82) is 0 Å². The van der Waals surface area contributed by atoms with Gasteiger partial charge in [-0.3, -0.25) is 0 Å². The van der Waals surface area contributed by atoms with Crippen LogP contribution in [0.15, 0.2) is 36.4 Å². The van der Waals surface area contributed by atoms with Crippen molar-refractivity contribution in [3.8, 4) is 0 Å². The molecule has 29 heavy (non-hydrogen) atoms. The van der Waals surface area contributed by atoms with Crippen molar-refractivity contribution in [1.82, 2.24) is 0 Å². The molecule has 0 nitrogen and oxygen atoms in total. The van der Waals surface area contributed by atoms with Gasteiger partial charge in [0, 0.05) is 0 Å². The summed E-state index contributed by atoms with van der Waals surface area (Å²) in [5, 5.41) is 0. The molecule has 0 aromatic heterocycles. The van der Waals surface area contributed by atoms with Crippen molar-refractivity contribution >= 4 is 8.07 Å². The van der Waals surface area contributed by atoms with E-state index in [9.17, 15) is 0 Å². The molecule has 0 saturated heterocycles. The fourth-order valence-electron chi connectivity index (χ4n) is 3.97. The van der Waals surface area contributed by atoms with Gasteiger partial charge in [-0.25, -0.2) is 0 Å². The number of hydrogen-bond acceptors (Lipinski definition) is 0. The molecule has 2 aromatic rings. The van der Waals surface area contributed by atoms with E-state index >= 15 is 0 Å². The number of rotatable bonds is 2. The van der Waals surface area contributed by atoms with Gasteiger partial charge in [-0.1, -0.05) is 0 Å². The average molecular weight is 485 g/mol. The van der Waals surface area contributed by atoms with E-state index in [1.54, 1.807) is 11.1 Å². The third kappa shape index (κ3) is 5.62. The summed E-state index contributed by atoms with van der Waals surface area (Å²) in [6.07, 6.45) is 0. The molecule has 0 atom stereocenters. The van der Waals surface area contributed by atoms with E-state index in [0.29, 0.717) is 18.0 Å². The molecular formula is C28H42Pd. The third-order valence-corrected chi connectivity index (χ3v) is 7.40. The second-order valence-electron chi connectivity index (χ2n) is 12.3. The summed E-state index contributed by atoms with van der Waals surface area (Å²) >= 11 is 0.416. The van der Waals surface area contributed by atoms with Crippen molar-refractivity contribution in [3.63, 3.8) is 0 Å². The molecule has 0 aliphatic rings. The van der Waals surface area contributed by atoms with Crippen LogP contribution in [0.3, 0.4) is 0 Å². The van der Waals surface area contributed by atoms with Gasteiger partial charge >= 0.3 is 189 Å². The van der Waals surface area contributed by atoms with Crippen molar-refractivity contribution in [2.24, 2.45) is 0 Å². The predicted octanol–water partition coefficient (Wildman–Crippen LogP) is 6.91. The van der Waals surface area contributed by atoms with Crippen LogP contribution in [0.4, 0.5) is 0 Å². The van der Waals surface area contributed by atoms with Gasteiger partial charge in [0.05, 0.1) is 0 Å². The predicted molar refractivity (Wildman–Crippen MR) is 127 cm³/mol. The molecule has 0 spiro atoms. The van der Waals surface area contributed by atoms with E-state index in [1.807, 2.05) is 0 Å². The molecule has 0 heterocycles. The summed E-state index contributed by atoms with van der Waals surface area (Å²) in [5.41, 5.74) is 6.61. The van der Waals surface area contributed by atoms with Crippen LogP contribution in [0.2, 0.25) is 0 Å². The molecule has 0 aliphatic carbocycles. The van der Waals surface area contributed by atoms with E-state index in [0.717, 1.165) is 0 Å². The van der Waals surface area contributed by atoms with Gasteiger partial charge < -0.3 is 0 Å². The molecule has 0 bridgehead atoms. The van der Waals surface area contributed by atoms with Crippen molar-refractivity contribution in [2.75, 3.05) is 0 Å². The summed E-state index contributed by atoms with van der Waals surface area (Å²) in [5.74, 6) is 0. The first-order valence-electron chi connectivity index (χ1n) is 10.8. The Bertz CT molecular complexity index is 786. The van der Waals surface area contributed by atoms with Crippen LogP contribution in [0, 0.1) is 0 Å². The molecule has 0 fully saturated rings. The molecule has 2 rings (SSSR count). The molecule has 0 amide bonds. The fraction of sp³-hybridized carbons (Fsp3) is 0.571. The molecule has 0 saturated carbocycles. The zero-order chi connectivity index (χ0) is 22.4. The second kappa shape index (κ2) is 7.98. The Balaban J connectivity index is 2.77. The summed E-state index contributed by atoms with van der Waals surface area (Å²) in [6, 6.07) is 14.0. The minimum absolute atomic E-state index is 0.126. The van der Waals surface area contributed by atoms with Crippen LogP contribution >= 0.6 is 0 Å². The average Bonchev–Trinajstić information content (AvgIpc) is 2.50. The van der Waals surface area contributed by atoms with Gasteiger partial charge in [0.25, 0.3) is 0 Å². The van der Waals surface area contributed by atoms with Crippen LogP contribution in [0.5, 0.6) is 0 Å². The van der Waals surface area contributed by atoms with Gasteiger partial charge in [-0.2, -0.15) is 0 Å². The standard InChI is InChI=1S/2C14H21.Pd/c2*1-13(2,3)11-9-7-8-10-12(11)14(4,5)6;/h2*7-9H,1-6H3;. The van der Waals surface area contributed by atoms with Crippen molar-refractivity contribution in [3.05, 3.63) is 58.7 Å². The molecular weight excluding hydrogens is 443 g/mol. The van der Waals surface area contributed by atoms with Crippen molar-refractivity contribution in [2.45, 2.75) is 105 Å². The monoisotopic (exact) mass is 484 g/mol. The topological polar surface area (TPSA) is 0 Å². The van der Waals surface area contributed by atoms with Crippen LogP contribution in [0.25, 0.3) is 0 Å². The van der Waals surface area contributed by atoms with Crippen LogP contribution < -0.4 is 8.07 Å². The summed E-state index contributed by atoms with van der Waals surface area (Å²) in [4.78, 5) is 0. The summed E-state index contributed by atoms with van der Waals surface area (Å²) in [6.45, 7) is 28.2. The van der Waals surface area contributed by atoms with Crippen LogP contribution in [0.1, 0.15) is 105 Å². The van der Waals surface area contributed by atoms with E-state index in [1.165, 1.54) is 19.2 Å². The molecule has 0 unspecified atom stereocenters. The quantitative estimate of drug-likeness (QED) is 0.406. The Morgan fingerprint density at radius 2 is 0.759 bits per heavy atom. The zero-order valence-corrected chi connectivity index (χ0v) is 22.3. The van der Waals surface area contributed by atoms with E-state index < -0.39 is 0 Å². The summed E-state index contributed by atoms with van der Waals surface area (Å²) < 4.78 is 3.05. The van der Waals surface area contributed by atoms with E-state index in [-0.39, 0.29) is 21.7 Å².